The van der Waals surface area contributed by atoms with Gasteiger partial charge < -0.3 is 14.3 Å². The van der Waals surface area contributed by atoms with Crippen molar-refractivity contribution in [1.82, 2.24) is 0 Å². The van der Waals surface area contributed by atoms with Crippen LogP contribution in [0.1, 0.15) is 12.0 Å². The van der Waals surface area contributed by atoms with Crippen molar-refractivity contribution in [3.63, 3.8) is 0 Å². The highest BCUT2D eigenvalue weighted by Gasteiger charge is 2.07. The highest BCUT2D eigenvalue weighted by Crippen LogP contribution is 2.06. The van der Waals surface area contributed by atoms with Gasteiger partial charge in [-0.05, 0) is 18.1 Å². The van der Waals surface area contributed by atoms with Crippen LogP contribution >= 0.6 is 0 Å². The fourth-order valence-electron chi connectivity index (χ4n) is 1.17. The molecule has 1 aromatic heterocycles. The molecule has 3 nitrogen and oxygen atoms in total. The lowest BCUT2D eigenvalue weighted by Gasteiger charge is -2.09. The number of alkyl halides is 2. The van der Waals surface area contributed by atoms with E-state index in [1.807, 2.05) is 0 Å². The Morgan fingerprint density at radius 2 is 2.27 bits per heavy atom. The maximum atomic E-state index is 11.7. The van der Waals surface area contributed by atoms with Crippen LogP contribution in [-0.2, 0) is 11.2 Å². The van der Waals surface area contributed by atoms with Crippen molar-refractivity contribution in [2.75, 3.05) is 13.2 Å². The molecule has 15 heavy (non-hydrogen) atoms. The summed E-state index contributed by atoms with van der Waals surface area (Å²) < 4.78 is 32.8. The van der Waals surface area contributed by atoms with E-state index in [-0.39, 0.29) is 6.61 Å². The Balaban J connectivity index is 2.06. The average Bonchev–Trinajstić information content (AvgIpc) is 2.64. The normalized spacial score (nSPS) is 13.3. The van der Waals surface area contributed by atoms with Crippen LogP contribution < -0.4 is 0 Å². The third kappa shape index (κ3) is 5.49. The van der Waals surface area contributed by atoms with Gasteiger partial charge in [-0.2, -0.15) is 0 Å². The predicted molar refractivity (Wildman–Crippen MR) is 49.9 cm³/mol. The Hall–Kier alpha value is -0.940. The summed E-state index contributed by atoms with van der Waals surface area (Å²) in [6, 6.07) is 1.75. The number of ether oxygens (including phenoxy) is 1. The first-order valence-corrected chi connectivity index (χ1v) is 4.73. The second-order valence-corrected chi connectivity index (χ2v) is 3.24. The average molecular weight is 220 g/mol. The molecule has 0 fully saturated rings. The minimum absolute atomic E-state index is 0.142. The number of furan rings is 1. The van der Waals surface area contributed by atoms with E-state index in [0.717, 1.165) is 5.56 Å². The molecule has 0 aliphatic carbocycles. The number of rotatable bonds is 7. The lowest BCUT2D eigenvalue weighted by Crippen LogP contribution is -2.15. The van der Waals surface area contributed by atoms with Crippen molar-refractivity contribution in [2.24, 2.45) is 0 Å². The molecule has 1 N–H and O–H groups in total. The molecule has 0 saturated carbocycles. The Morgan fingerprint density at radius 3 is 2.87 bits per heavy atom. The van der Waals surface area contributed by atoms with Crippen molar-refractivity contribution in [2.45, 2.75) is 25.4 Å². The third-order valence-corrected chi connectivity index (χ3v) is 1.89. The lowest BCUT2D eigenvalue weighted by atomic mass is 10.1. The molecule has 0 radical (unpaired) electrons. The summed E-state index contributed by atoms with van der Waals surface area (Å²) in [6.45, 7) is -0.429. The molecule has 0 spiro atoms. The summed E-state index contributed by atoms with van der Waals surface area (Å²) in [6.07, 6.45) is 0.835. The Morgan fingerprint density at radius 1 is 1.47 bits per heavy atom. The molecule has 1 heterocycles. The van der Waals surface area contributed by atoms with E-state index < -0.39 is 19.1 Å². The van der Waals surface area contributed by atoms with Gasteiger partial charge >= 0.3 is 0 Å². The Labute approximate surface area is 86.7 Å². The zero-order valence-corrected chi connectivity index (χ0v) is 8.23. The molecule has 1 atom stereocenters. The maximum Gasteiger partial charge on any atom is 0.261 e. The molecule has 0 bridgehead atoms. The van der Waals surface area contributed by atoms with Gasteiger partial charge in [0.15, 0.2) is 0 Å². The van der Waals surface area contributed by atoms with Gasteiger partial charge in [0.05, 0.1) is 18.6 Å². The summed E-state index contributed by atoms with van der Waals surface area (Å²) in [7, 11) is 0. The van der Waals surface area contributed by atoms with E-state index >= 15 is 0 Å². The molecule has 0 amide bonds. The molecule has 1 unspecified atom stereocenters. The largest absolute Gasteiger partial charge is 0.472 e. The van der Waals surface area contributed by atoms with Gasteiger partial charge in [-0.25, -0.2) is 8.78 Å². The van der Waals surface area contributed by atoms with E-state index in [0.29, 0.717) is 12.8 Å². The van der Waals surface area contributed by atoms with E-state index in [1.165, 1.54) is 6.26 Å². The summed E-state index contributed by atoms with van der Waals surface area (Å²) in [5.74, 6) is 0. The first kappa shape index (κ1) is 12.1. The van der Waals surface area contributed by atoms with E-state index in [1.54, 1.807) is 12.3 Å². The highest BCUT2D eigenvalue weighted by molar-refractivity contribution is 5.06. The molecule has 0 aliphatic rings. The van der Waals surface area contributed by atoms with E-state index in [9.17, 15) is 13.9 Å². The van der Waals surface area contributed by atoms with Crippen LogP contribution in [0.5, 0.6) is 0 Å². The topological polar surface area (TPSA) is 42.6 Å². The van der Waals surface area contributed by atoms with Crippen LogP contribution in [0.4, 0.5) is 8.78 Å². The Bertz CT molecular complexity index is 249. The minimum Gasteiger partial charge on any atom is -0.472 e. The van der Waals surface area contributed by atoms with Crippen molar-refractivity contribution in [3.8, 4) is 0 Å². The maximum absolute atomic E-state index is 11.7. The molecule has 86 valence electrons. The zero-order chi connectivity index (χ0) is 11.1. The smallest absolute Gasteiger partial charge is 0.261 e. The molecule has 5 heteroatoms. The Kier molecular flexibility index (Phi) is 5.28. The first-order chi connectivity index (χ1) is 7.18. The molecular formula is C10H14F2O3. The van der Waals surface area contributed by atoms with Crippen LogP contribution in [0.2, 0.25) is 0 Å². The summed E-state index contributed by atoms with van der Waals surface area (Å²) in [5.41, 5.74) is 0.886. The number of hydrogen-bond donors (Lipinski definition) is 1. The van der Waals surface area contributed by atoms with Crippen LogP contribution in [0.3, 0.4) is 0 Å². The molecule has 1 aromatic rings. The van der Waals surface area contributed by atoms with Gasteiger partial charge in [-0.3, -0.25) is 0 Å². The fraction of sp³-hybridized carbons (Fsp3) is 0.600. The van der Waals surface area contributed by atoms with Crippen LogP contribution in [0.25, 0.3) is 0 Å². The zero-order valence-electron chi connectivity index (χ0n) is 8.23. The summed E-state index contributed by atoms with van der Waals surface area (Å²) in [5, 5.41) is 9.48. The summed E-state index contributed by atoms with van der Waals surface area (Å²) in [4.78, 5) is 0. The van der Waals surface area contributed by atoms with Crippen molar-refractivity contribution in [3.05, 3.63) is 24.2 Å². The van der Waals surface area contributed by atoms with Crippen LogP contribution in [-0.4, -0.2) is 30.8 Å². The number of aliphatic hydroxyl groups is 1. The van der Waals surface area contributed by atoms with Crippen molar-refractivity contribution < 1.29 is 23.0 Å². The molecule has 1 rings (SSSR count). The van der Waals surface area contributed by atoms with Gasteiger partial charge in [0.1, 0.15) is 6.61 Å². The van der Waals surface area contributed by atoms with E-state index in [4.69, 9.17) is 4.42 Å². The predicted octanol–water partition coefficient (Wildman–Crippen LogP) is 1.85. The molecular weight excluding hydrogens is 206 g/mol. The second kappa shape index (κ2) is 6.53. The minimum atomic E-state index is -2.45. The van der Waals surface area contributed by atoms with Gasteiger partial charge in [-0.15, -0.1) is 0 Å². The van der Waals surface area contributed by atoms with E-state index in [2.05, 4.69) is 4.74 Å². The van der Waals surface area contributed by atoms with Gasteiger partial charge in [-0.1, -0.05) is 0 Å². The molecule has 0 aromatic carbocycles. The SMILES string of the molecule is OC(CCOCC(F)F)Cc1ccoc1. The number of hydrogen-bond acceptors (Lipinski definition) is 3. The fourth-order valence-corrected chi connectivity index (χ4v) is 1.17. The highest BCUT2D eigenvalue weighted by atomic mass is 19.3. The van der Waals surface area contributed by atoms with Crippen LogP contribution in [0.15, 0.2) is 23.0 Å². The molecule has 0 saturated heterocycles. The lowest BCUT2D eigenvalue weighted by molar-refractivity contribution is 0.00511. The van der Waals surface area contributed by atoms with Crippen LogP contribution in [0, 0.1) is 0 Å². The van der Waals surface area contributed by atoms with Crippen molar-refractivity contribution in [1.29, 1.82) is 0 Å². The number of aliphatic hydroxyl groups excluding tert-OH is 1. The second-order valence-electron chi connectivity index (χ2n) is 3.24. The quantitative estimate of drug-likeness (QED) is 0.713. The van der Waals surface area contributed by atoms with Crippen molar-refractivity contribution >= 4 is 0 Å². The number of halogens is 2. The van der Waals surface area contributed by atoms with Gasteiger partial charge in [0.2, 0.25) is 0 Å². The monoisotopic (exact) mass is 220 g/mol. The van der Waals surface area contributed by atoms with Gasteiger partial charge in [0.25, 0.3) is 6.43 Å². The first-order valence-electron chi connectivity index (χ1n) is 4.73. The molecule has 0 aliphatic heterocycles. The van der Waals surface area contributed by atoms with Gasteiger partial charge in [0, 0.05) is 13.0 Å². The third-order valence-electron chi connectivity index (χ3n) is 1.89. The summed E-state index contributed by atoms with van der Waals surface area (Å²) >= 11 is 0. The standard InChI is InChI=1S/C10H14F2O3/c11-10(12)7-15-4-2-9(13)5-8-1-3-14-6-8/h1,3,6,9-10,13H,2,4-5,7H2.